The summed E-state index contributed by atoms with van der Waals surface area (Å²) >= 11 is 0. The SMILES string of the molecule is CCCCC(NC(=O)OC(C)(C)C)(OC(=O)CN=[N+]=[N-])C(=O)OC(C)(C)C. The Kier molecular flexibility index (Phi) is 9.09. The lowest BCUT2D eigenvalue weighted by Gasteiger charge is -2.35. The summed E-state index contributed by atoms with van der Waals surface area (Å²) in [6, 6.07) is 0. The zero-order chi connectivity index (χ0) is 21.3. The molecule has 0 aromatic rings. The second-order valence-corrected chi connectivity index (χ2v) is 7.92. The van der Waals surface area contributed by atoms with E-state index in [4.69, 9.17) is 19.7 Å². The molecule has 0 aliphatic carbocycles. The number of hydrogen-bond acceptors (Lipinski definition) is 7. The summed E-state index contributed by atoms with van der Waals surface area (Å²) in [5.74, 6) is -1.92. The molecule has 0 radical (unpaired) electrons. The van der Waals surface area contributed by atoms with Gasteiger partial charge in [-0.1, -0.05) is 18.5 Å². The number of nitrogens with zero attached hydrogens (tertiary/aromatic N) is 3. The van der Waals surface area contributed by atoms with Crippen LogP contribution in [0, 0.1) is 0 Å². The number of nitrogens with one attached hydrogen (secondary N) is 1. The number of esters is 2. The van der Waals surface area contributed by atoms with Gasteiger partial charge in [0.1, 0.15) is 17.7 Å². The number of unbranched alkanes of at least 4 members (excludes halogenated alkanes) is 1. The number of ether oxygens (including phenoxy) is 3. The van der Waals surface area contributed by atoms with Gasteiger partial charge in [-0.05, 0) is 53.5 Å². The van der Waals surface area contributed by atoms with Crippen molar-refractivity contribution in [1.29, 1.82) is 0 Å². The van der Waals surface area contributed by atoms with Crippen LogP contribution in [-0.4, -0.2) is 41.5 Å². The molecule has 0 spiro atoms. The molecule has 0 heterocycles. The van der Waals surface area contributed by atoms with Gasteiger partial charge in [0.15, 0.2) is 0 Å². The number of carbonyl (C=O) groups excluding carboxylic acids is 3. The lowest BCUT2D eigenvalue weighted by molar-refractivity contribution is -0.195. The Bertz CT molecular complexity index is 587. The predicted molar refractivity (Wildman–Crippen MR) is 97.6 cm³/mol. The van der Waals surface area contributed by atoms with Crippen molar-refractivity contribution < 1.29 is 28.6 Å². The van der Waals surface area contributed by atoms with Crippen LogP contribution >= 0.6 is 0 Å². The summed E-state index contributed by atoms with van der Waals surface area (Å²) in [5, 5.41) is 5.46. The predicted octanol–water partition coefficient (Wildman–Crippen LogP) is 3.59. The van der Waals surface area contributed by atoms with Crippen LogP contribution in [0.3, 0.4) is 0 Å². The molecular formula is C17H30N4O6. The van der Waals surface area contributed by atoms with E-state index in [2.05, 4.69) is 15.3 Å². The lowest BCUT2D eigenvalue weighted by atomic mass is 10.0. The lowest BCUT2D eigenvalue weighted by Crippen LogP contribution is -2.60. The largest absolute Gasteiger partial charge is 0.456 e. The van der Waals surface area contributed by atoms with Crippen LogP contribution in [-0.2, 0) is 23.8 Å². The van der Waals surface area contributed by atoms with Crippen LogP contribution in [0.4, 0.5) is 4.79 Å². The van der Waals surface area contributed by atoms with Crippen molar-refractivity contribution in [3.63, 3.8) is 0 Å². The molecule has 0 saturated carbocycles. The second kappa shape index (κ2) is 10.0. The maximum absolute atomic E-state index is 12.8. The minimum absolute atomic E-state index is 0.0281. The summed E-state index contributed by atoms with van der Waals surface area (Å²) in [5.41, 5.74) is 4.55. The summed E-state index contributed by atoms with van der Waals surface area (Å²) in [7, 11) is 0. The average Bonchev–Trinajstić information content (AvgIpc) is 2.46. The molecular weight excluding hydrogens is 356 g/mol. The fraction of sp³-hybridized carbons (Fsp3) is 0.824. The molecule has 0 fully saturated rings. The Morgan fingerprint density at radius 1 is 1.00 bits per heavy atom. The van der Waals surface area contributed by atoms with E-state index in [0.717, 1.165) is 0 Å². The van der Waals surface area contributed by atoms with Gasteiger partial charge in [-0.25, -0.2) is 9.59 Å². The summed E-state index contributed by atoms with van der Waals surface area (Å²) in [6.07, 6.45) is 0.138. The molecule has 1 atom stereocenters. The van der Waals surface area contributed by atoms with Gasteiger partial charge in [-0.15, -0.1) is 0 Å². The van der Waals surface area contributed by atoms with E-state index in [1.54, 1.807) is 41.5 Å². The second-order valence-electron chi connectivity index (χ2n) is 7.92. The van der Waals surface area contributed by atoms with E-state index in [0.29, 0.717) is 12.8 Å². The highest BCUT2D eigenvalue weighted by Gasteiger charge is 2.47. The van der Waals surface area contributed by atoms with E-state index in [-0.39, 0.29) is 6.42 Å². The summed E-state index contributed by atoms with van der Waals surface area (Å²) in [4.78, 5) is 39.6. The van der Waals surface area contributed by atoms with Gasteiger partial charge in [0.2, 0.25) is 0 Å². The number of carbonyl (C=O) groups is 3. The first-order valence-electron chi connectivity index (χ1n) is 8.72. The van der Waals surface area contributed by atoms with Gasteiger partial charge in [0.25, 0.3) is 5.72 Å². The fourth-order valence-corrected chi connectivity index (χ4v) is 1.90. The van der Waals surface area contributed by atoms with Gasteiger partial charge >= 0.3 is 18.0 Å². The molecule has 0 aliphatic heterocycles. The fourth-order valence-electron chi connectivity index (χ4n) is 1.90. The molecule has 10 nitrogen and oxygen atoms in total. The topological polar surface area (TPSA) is 140 Å². The van der Waals surface area contributed by atoms with Crippen LogP contribution < -0.4 is 5.32 Å². The standard InChI is InChI=1S/C17H30N4O6/c1-8-9-10-17(13(23)26-15(2,3)4,25-12(22)11-19-21-18)20-14(24)27-16(5,6)7/h8-11H2,1-7H3,(H,20,24). The van der Waals surface area contributed by atoms with Crippen molar-refractivity contribution >= 4 is 18.0 Å². The number of hydrogen-bond donors (Lipinski definition) is 1. The van der Waals surface area contributed by atoms with Crippen molar-refractivity contribution in [2.45, 2.75) is 84.7 Å². The molecule has 1 amide bonds. The quantitative estimate of drug-likeness (QED) is 0.169. The first-order chi connectivity index (χ1) is 12.2. The Balaban J connectivity index is 5.82. The molecule has 1 unspecified atom stereocenters. The van der Waals surface area contributed by atoms with Crippen LogP contribution in [0.5, 0.6) is 0 Å². The molecule has 0 rings (SSSR count). The summed E-state index contributed by atoms with van der Waals surface area (Å²) in [6.45, 7) is 11.1. The van der Waals surface area contributed by atoms with Gasteiger partial charge in [0, 0.05) is 11.3 Å². The van der Waals surface area contributed by atoms with Crippen molar-refractivity contribution in [1.82, 2.24) is 5.32 Å². The molecule has 0 aromatic heterocycles. The third kappa shape index (κ3) is 10.3. The van der Waals surface area contributed by atoms with Gasteiger partial charge in [-0.3, -0.25) is 10.1 Å². The normalized spacial score (nSPS) is 13.6. The summed E-state index contributed by atoms with van der Waals surface area (Å²) < 4.78 is 15.8. The number of azide groups is 1. The van der Waals surface area contributed by atoms with E-state index in [1.165, 1.54) is 0 Å². The molecule has 10 heteroatoms. The van der Waals surface area contributed by atoms with Gasteiger partial charge in [-0.2, -0.15) is 0 Å². The minimum atomic E-state index is -2.09. The van der Waals surface area contributed by atoms with Crippen molar-refractivity contribution in [3.8, 4) is 0 Å². The van der Waals surface area contributed by atoms with Crippen LogP contribution in [0.25, 0.3) is 10.4 Å². The molecule has 0 aliphatic rings. The Hall–Kier alpha value is -2.48. The van der Waals surface area contributed by atoms with E-state index in [1.807, 2.05) is 6.92 Å². The molecule has 0 saturated heterocycles. The minimum Gasteiger partial charge on any atom is -0.456 e. The molecule has 1 N–H and O–H groups in total. The Morgan fingerprint density at radius 2 is 1.56 bits per heavy atom. The average molecular weight is 386 g/mol. The first-order valence-corrected chi connectivity index (χ1v) is 8.72. The van der Waals surface area contributed by atoms with Crippen molar-refractivity contribution in [2.24, 2.45) is 5.11 Å². The van der Waals surface area contributed by atoms with Crippen molar-refractivity contribution in [2.75, 3.05) is 6.54 Å². The highest BCUT2D eigenvalue weighted by atomic mass is 16.6. The number of alkyl carbamates (subject to hydrolysis) is 1. The third-order valence-electron chi connectivity index (χ3n) is 2.86. The highest BCUT2D eigenvalue weighted by Crippen LogP contribution is 2.23. The molecule has 0 bridgehead atoms. The van der Waals surface area contributed by atoms with E-state index in [9.17, 15) is 14.4 Å². The van der Waals surface area contributed by atoms with Crippen LogP contribution in [0.1, 0.15) is 67.7 Å². The maximum Gasteiger partial charge on any atom is 0.411 e. The highest BCUT2D eigenvalue weighted by molar-refractivity contribution is 5.87. The zero-order valence-electron chi connectivity index (χ0n) is 17.1. The number of amides is 1. The zero-order valence-corrected chi connectivity index (χ0v) is 17.1. The van der Waals surface area contributed by atoms with E-state index >= 15 is 0 Å². The smallest absolute Gasteiger partial charge is 0.411 e. The molecule has 154 valence electrons. The van der Waals surface area contributed by atoms with Gasteiger partial charge in [0.05, 0.1) is 0 Å². The Morgan fingerprint density at radius 3 is 2.00 bits per heavy atom. The first kappa shape index (κ1) is 24.5. The van der Waals surface area contributed by atoms with E-state index < -0.39 is 41.5 Å². The van der Waals surface area contributed by atoms with Crippen LogP contribution in [0.15, 0.2) is 5.11 Å². The third-order valence-corrected chi connectivity index (χ3v) is 2.86. The van der Waals surface area contributed by atoms with Gasteiger partial charge < -0.3 is 14.2 Å². The van der Waals surface area contributed by atoms with Crippen LogP contribution in [0.2, 0.25) is 0 Å². The van der Waals surface area contributed by atoms with Crippen molar-refractivity contribution in [3.05, 3.63) is 10.4 Å². The monoisotopic (exact) mass is 386 g/mol. The Labute approximate surface area is 159 Å². The molecule has 0 aromatic carbocycles. The number of rotatable bonds is 8. The maximum atomic E-state index is 12.8. The molecule has 27 heavy (non-hydrogen) atoms.